The number of aryl methyl sites for hydroxylation is 2. The fourth-order valence-electron chi connectivity index (χ4n) is 2.47. The number of nitrogens with zero attached hydrogens (tertiary/aromatic N) is 2. The van der Waals surface area contributed by atoms with Crippen molar-refractivity contribution in [3.05, 3.63) is 70.3 Å². The van der Waals surface area contributed by atoms with Crippen molar-refractivity contribution < 1.29 is 9.13 Å². The summed E-state index contributed by atoms with van der Waals surface area (Å²) in [5, 5.41) is 3.81. The fraction of sp³-hybridized carbons (Fsp3) is 0.158. The SMILES string of the molecule is Cc1cc(Oc2ncnc(NCc3ccc(F)cc3)c2N)cc(C)c1Cl. The first-order valence-corrected chi connectivity index (χ1v) is 8.35. The van der Waals surface area contributed by atoms with Crippen molar-refractivity contribution in [1.29, 1.82) is 0 Å². The number of nitrogens with two attached hydrogens (primary N) is 1. The number of hydrogen-bond acceptors (Lipinski definition) is 5. The fourth-order valence-corrected chi connectivity index (χ4v) is 2.58. The van der Waals surface area contributed by atoms with Gasteiger partial charge in [-0.1, -0.05) is 23.7 Å². The second kappa shape index (κ2) is 7.58. The van der Waals surface area contributed by atoms with Crippen molar-refractivity contribution in [3.8, 4) is 11.6 Å². The minimum atomic E-state index is -0.278. The molecule has 26 heavy (non-hydrogen) atoms. The number of benzene rings is 2. The van der Waals surface area contributed by atoms with E-state index in [2.05, 4.69) is 15.3 Å². The van der Waals surface area contributed by atoms with Crippen LogP contribution in [0.4, 0.5) is 15.9 Å². The van der Waals surface area contributed by atoms with Crippen LogP contribution in [0.3, 0.4) is 0 Å². The van der Waals surface area contributed by atoms with Crippen LogP contribution in [0.15, 0.2) is 42.7 Å². The van der Waals surface area contributed by atoms with Crippen molar-refractivity contribution in [2.75, 3.05) is 11.1 Å². The summed E-state index contributed by atoms with van der Waals surface area (Å²) in [7, 11) is 0. The molecule has 0 fully saturated rings. The molecule has 5 nitrogen and oxygen atoms in total. The second-order valence-corrected chi connectivity index (χ2v) is 6.27. The Morgan fingerprint density at radius 3 is 2.42 bits per heavy atom. The van der Waals surface area contributed by atoms with Crippen molar-refractivity contribution in [1.82, 2.24) is 9.97 Å². The highest BCUT2D eigenvalue weighted by Crippen LogP contribution is 2.32. The zero-order valence-corrected chi connectivity index (χ0v) is 15.1. The van der Waals surface area contributed by atoms with Gasteiger partial charge in [-0.15, -0.1) is 0 Å². The molecule has 0 atom stereocenters. The second-order valence-electron chi connectivity index (χ2n) is 5.89. The number of halogens is 2. The molecule has 0 bridgehead atoms. The maximum absolute atomic E-state index is 13.0. The van der Waals surface area contributed by atoms with Crippen LogP contribution in [0.2, 0.25) is 5.02 Å². The van der Waals surface area contributed by atoms with E-state index in [9.17, 15) is 4.39 Å². The Labute approximate surface area is 156 Å². The molecule has 2 aromatic carbocycles. The molecular formula is C19H18ClFN4O. The molecule has 0 amide bonds. The van der Waals surface area contributed by atoms with Gasteiger partial charge >= 0.3 is 0 Å². The predicted octanol–water partition coefficient (Wildman–Crippen LogP) is 4.87. The molecule has 3 aromatic rings. The minimum absolute atomic E-state index is 0.253. The van der Waals surface area contributed by atoms with Crippen LogP contribution >= 0.6 is 11.6 Å². The Bertz CT molecular complexity index is 908. The standard InChI is InChI=1S/C19H18ClFN4O/c1-11-7-15(8-12(2)16(11)20)26-19-17(22)18(24-10-25-19)23-9-13-3-5-14(21)6-4-13/h3-8,10H,9,22H2,1-2H3,(H,23,24,25). The Morgan fingerprint density at radius 1 is 1.12 bits per heavy atom. The number of nitrogens with one attached hydrogen (secondary N) is 1. The zero-order chi connectivity index (χ0) is 18.7. The highest BCUT2D eigenvalue weighted by Gasteiger charge is 2.12. The number of hydrogen-bond donors (Lipinski definition) is 2. The lowest BCUT2D eigenvalue weighted by molar-refractivity contribution is 0.464. The highest BCUT2D eigenvalue weighted by molar-refractivity contribution is 6.32. The van der Waals surface area contributed by atoms with E-state index in [1.165, 1.54) is 18.5 Å². The maximum Gasteiger partial charge on any atom is 0.248 e. The van der Waals surface area contributed by atoms with Crippen LogP contribution in [-0.2, 0) is 6.54 Å². The summed E-state index contributed by atoms with van der Waals surface area (Å²) in [6.45, 7) is 4.25. The lowest BCUT2D eigenvalue weighted by atomic mass is 10.1. The first-order valence-electron chi connectivity index (χ1n) is 7.97. The van der Waals surface area contributed by atoms with E-state index >= 15 is 0 Å². The van der Waals surface area contributed by atoms with E-state index < -0.39 is 0 Å². The summed E-state index contributed by atoms with van der Waals surface area (Å²) in [6.07, 6.45) is 1.37. The Kier molecular flexibility index (Phi) is 5.23. The summed E-state index contributed by atoms with van der Waals surface area (Å²) >= 11 is 6.18. The molecule has 0 unspecified atom stereocenters. The summed E-state index contributed by atoms with van der Waals surface area (Å²) in [5.41, 5.74) is 9.13. The molecule has 0 spiro atoms. The Hall–Kier alpha value is -2.86. The smallest absolute Gasteiger partial charge is 0.248 e. The largest absolute Gasteiger partial charge is 0.437 e. The van der Waals surface area contributed by atoms with E-state index in [0.717, 1.165) is 16.7 Å². The molecule has 134 valence electrons. The average molecular weight is 373 g/mol. The third kappa shape index (κ3) is 4.03. The molecule has 1 aromatic heterocycles. The summed E-state index contributed by atoms with van der Waals surface area (Å²) in [6, 6.07) is 9.83. The van der Waals surface area contributed by atoms with Crippen LogP contribution in [0, 0.1) is 19.7 Å². The average Bonchev–Trinajstić information content (AvgIpc) is 2.62. The molecule has 0 radical (unpaired) electrons. The van der Waals surface area contributed by atoms with Gasteiger partial charge in [0.15, 0.2) is 5.82 Å². The van der Waals surface area contributed by atoms with Crippen molar-refractivity contribution in [3.63, 3.8) is 0 Å². The number of aromatic nitrogens is 2. The number of ether oxygens (including phenoxy) is 1. The van der Waals surface area contributed by atoms with Crippen molar-refractivity contribution >= 4 is 23.1 Å². The van der Waals surface area contributed by atoms with Crippen molar-refractivity contribution in [2.45, 2.75) is 20.4 Å². The first-order chi connectivity index (χ1) is 12.4. The van der Waals surface area contributed by atoms with Crippen LogP contribution < -0.4 is 15.8 Å². The maximum atomic E-state index is 13.0. The van der Waals surface area contributed by atoms with Gasteiger partial charge in [0.2, 0.25) is 5.88 Å². The lowest BCUT2D eigenvalue weighted by Crippen LogP contribution is -2.07. The molecule has 0 saturated heterocycles. The summed E-state index contributed by atoms with van der Waals surface area (Å²) in [5.74, 6) is 1.02. The Balaban J connectivity index is 1.77. The third-order valence-electron chi connectivity index (χ3n) is 3.85. The summed E-state index contributed by atoms with van der Waals surface area (Å²) < 4.78 is 18.8. The molecule has 7 heteroatoms. The normalized spacial score (nSPS) is 10.6. The lowest BCUT2D eigenvalue weighted by Gasteiger charge is -2.13. The molecule has 0 aliphatic rings. The molecule has 0 aliphatic heterocycles. The number of rotatable bonds is 5. The van der Waals surface area contributed by atoms with Crippen LogP contribution in [0.1, 0.15) is 16.7 Å². The molecule has 3 rings (SSSR count). The topological polar surface area (TPSA) is 73.1 Å². The van der Waals surface area contributed by atoms with Gasteiger partial charge in [0.1, 0.15) is 23.6 Å². The van der Waals surface area contributed by atoms with Gasteiger partial charge in [-0.2, -0.15) is 4.98 Å². The first kappa shape index (κ1) is 17.9. The van der Waals surface area contributed by atoms with Gasteiger partial charge in [-0.25, -0.2) is 9.37 Å². The van der Waals surface area contributed by atoms with Crippen LogP contribution in [0.5, 0.6) is 11.6 Å². The van der Waals surface area contributed by atoms with Gasteiger partial charge in [0.25, 0.3) is 0 Å². The number of anilines is 2. The van der Waals surface area contributed by atoms with E-state index in [4.69, 9.17) is 22.1 Å². The Morgan fingerprint density at radius 2 is 1.77 bits per heavy atom. The van der Waals surface area contributed by atoms with E-state index in [1.807, 2.05) is 26.0 Å². The minimum Gasteiger partial charge on any atom is -0.437 e. The highest BCUT2D eigenvalue weighted by atomic mass is 35.5. The van der Waals surface area contributed by atoms with Gasteiger partial charge in [0.05, 0.1) is 0 Å². The van der Waals surface area contributed by atoms with Crippen LogP contribution in [-0.4, -0.2) is 9.97 Å². The quantitative estimate of drug-likeness (QED) is 0.668. The predicted molar refractivity (Wildman–Crippen MR) is 101 cm³/mol. The molecule has 1 heterocycles. The third-order valence-corrected chi connectivity index (χ3v) is 4.44. The van der Waals surface area contributed by atoms with Crippen molar-refractivity contribution in [2.24, 2.45) is 0 Å². The van der Waals surface area contributed by atoms with Crippen LogP contribution in [0.25, 0.3) is 0 Å². The zero-order valence-electron chi connectivity index (χ0n) is 14.4. The molecule has 3 N–H and O–H groups in total. The van der Waals surface area contributed by atoms with Gasteiger partial charge in [-0.3, -0.25) is 0 Å². The van der Waals surface area contributed by atoms with E-state index in [-0.39, 0.29) is 11.7 Å². The van der Waals surface area contributed by atoms with Gasteiger partial charge < -0.3 is 15.8 Å². The van der Waals surface area contributed by atoms with Gasteiger partial charge in [-0.05, 0) is 54.8 Å². The molecule has 0 saturated carbocycles. The molecule has 0 aliphatic carbocycles. The van der Waals surface area contributed by atoms with E-state index in [0.29, 0.717) is 28.8 Å². The summed E-state index contributed by atoms with van der Waals surface area (Å²) in [4.78, 5) is 8.24. The van der Waals surface area contributed by atoms with Gasteiger partial charge in [0, 0.05) is 11.6 Å². The van der Waals surface area contributed by atoms with E-state index in [1.54, 1.807) is 12.1 Å². The monoisotopic (exact) mass is 372 g/mol. The molecular weight excluding hydrogens is 355 g/mol. The number of nitrogen functional groups attached to an aromatic ring is 1.